The number of carbonyl (C=O) groups excluding carboxylic acids is 1. The molecule has 0 fully saturated rings. The molecule has 3 nitrogen and oxygen atoms in total. The molecule has 0 amide bonds. The lowest BCUT2D eigenvalue weighted by molar-refractivity contribution is 0.0927. The van der Waals surface area contributed by atoms with Crippen LogP contribution in [-0.2, 0) is 0 Å². The van der Waals surface area contributed by atoms with Gasteiger partial charge in [0.25, 0.3) is 0 Å². The van der Waals surface area contributed by atoms with Crippen molar-refractivity contribution in [1.29, 1.82) is 0 Å². The largest absolute Gasteiger partial charge is 0.273 e. The molecular formula is C9H6BrIN2O. The van der Waals surface area contributed by atoms with Crippen molar-refractivity contribution in [3.63, 3.8) is 0 Å². The zero-order chi connectivity index (χ0) is 10.3. The van der Waals surface area contributed by atoms with E-state index in [-0.39, 0.29) is 5.91 Å². The molecule has 0 saturated heterocycles. The molecule has 0 unspecified atom stereocenters. The average molecular weight is 365 g/mol. The molecule has 0 aliphatic rings. The monoisotopic (exact) mass is 364 g/mol. The van der Waals surface area contributed by atoms with Gasteiger partial charge < -0.3 is 0 Å². The highest BCUT2D eigenvalue weighted by Gasteiger charge is 2.08. The summed E-state index contributed by atoms with van der Waals surface area (Å²) in [5, 5.41) is 4.99. The van der Waals surface area contributed by atoms with Crippen molar-refractivity contribution in [1.82, 2.24) is 9.78 Å². The van der Waals surface area contributed by atoms with E-state index in [9.17, 15) is 4.79 Å². The van der Waals surface area contributed by atoms with Gasteiger partial charge >= 0.3 is 0 Å². The molecule has 1 heterocycles. The minimum Gasteiger partial charge on any atom is -0.273 e. The Morgan fingerprint density at radius 1 is 1.57 bits per heavy atom. The van der Waals surface area contributed by atoms with E-state index in [0.29, 0.717) is 0 Å². The predicted octanol–water partition coefficient (Wildman–Crippen LogP) is 3.06. The molecule has 0 spiro atoms. The molecule has 1 aromatic heterocycles. The Morgan fingerprint density at radius 2 is 2.29 bits per heavy atom. The van der Waals surface area contributed by atoms with Crippen molar-refractivity contribution in [2.45, 2.75) is 6.92 Å². The summed E-state index contributed by atoms with van der Waals surface area (Å²) >= 11 is 5.64. The van der Waals surface area contributed by atoms with Crippen molar-refractivity contribution in [2.24, 2.45) is 0 Å². The first kappa shape index (κ1) is 10.1. The second-order valence-corrected chi connectivity index (χ2v) is 4.92. The molecule has 0 saturated carbocycles. The van der Waals surface area contributed by atoms with Gasteiger partial charge in [0, 0.05) is 20.4 Å². The van der Waals surface area contributed by atoms with Crippen LogP contribution in [0.5, 0.6) is 0 Å². The molecule has 0 aliphatic heterocycles. The number of nitrogens with zero attached hydrogens (tertiary/aromatic N) is 2. The van der Waals surface area contributed by atoms with Gasteiger partial charge in [0.15, 0.2) is 0 Å². The first-order valence-electron chi connectivity index (χ1n) is 3.93. The van der Waals surface area contributed by atoms with Gasteiger partial charge in [-0.05, 0) is 50.7 Å². The third-order valence-electron chi connectivity index (χ3n) is 1.91. The number of hydrogen-bond acceptors (Lipinski definition) is 2. The van der Waals surface area contributed by atoms with E-state index in [1.807, 2.05) is 12.1 Å². The fourth-order valence-electron chi connectivity index (χ4n) is 1.27. The van der Waals surface area contributed by atoms with Crippen LogP contribution in [0, 0.1) is 3.57 Å². The maximum absolute atomic E-state index is 11.2. The van der Waals surface area contributed by atoms with Crippen LogP contribution in [0.25, 0.3) is 10.9 Å². The van der Waals surface area contributed by atoms with E-state index >= 15 is 0 Å². The molecule has 2 rings (SSSR count). The second kappa shape index (κ2) is 3.62. The lowest BCUT2D eigenvalue weighted by Gasteiger charge is -1.99. The summed E-state index contributed by atoms with van der Waals surface area (Å²) in [6.45, 7) is 1.50. The molecule has 0 bridgehead atoms. The Morgan fingerprint density at radius 3 is 2.93 bits per heavy atom. The average Bonchev–Trinajstić information content (AvgIpc) is 2.48. The van der Waals surface area contributed by atoms with Crippen molar-refractivity contribution in [3.8, 4) is 0 Å². The molecule has 0 aliphatic carbocycles. The van der Waals surface area contributed by atoms with Crippen LogP contribution in [0.15, 0.2) is 22.8 Å². The van der Waals surface area contributed by atoms with Gasteiger partial charge in [-0.3, -0.25) is 4.79 Å². The topological polar surface area (TPSA) is 34.9 Å². The summed E-state index contributed by atoms with van der Waals surface area (Å²) < 4.78 is 3.50. The first-order chi connectivity index (χ1) is 6.59. The van der Waals surface area contributed by atoms with Crippen molar-refractivity contribution < 1.29 is 4.79 Å². The maximum atomic E-state index is 11.2. The van der Waals surface area contributed by atoms with Crippen LogP contribution in [0.2, 0.25) is 0 Å². The summed E-state index contributed by atoms with van der Waals surface area (Å²) in [7, 11) is 0. The van der Waals surface area contributed by atoms with Crippen molar-refractivity contribution in [3.05, 3.63) is 26.4 Å². The molecule has 72 valence electrons. The van der Waals surface area contributed by atoms with E-state index in [1.165, 1.54) is 11.6 Å². The van der Waals surface area contributed by atoms with Gasteiger partial charge in [-0.25, -0.2) is 4.68 Å². The first-order valence-corrected chi connectivity index (χ1v) is 5.80. The minimum absolute atomic E-state index is 0.0712. The Balaban J connectivity index is 2.80. The Hall–Kier alpha value is -0.430. The number of carbonyl (C=O) groups is 1. The Bertz CT molecular complexity index is 521. The fourth-order valence-corrected chi connectivity index (χ4v) is 2.08. The van der Waals surface area contributed by atoms with Gasteiger partial charge in [0.05, 0.1) is 11.7 Å². The highest BCUT2D eigenvalue weighted by molar-refractivity contribution is 14.1. The molecule has 2 aromatic rings. The minimum atomic E-state index is -0.0712. The van der Waals surface area contributed by atoms with Crippen molar-refractivity contribution >= 4 is 55.3 Å². The van der Waals surface area contributed by atoms with Crippen LogP contribution >= 0.6 is 38.5 Å². The summed E-state index contributed by atoms with van der Waals surface area (Å²) in [6.07, 6.45) is 1.69. The van der Waals surface area contributed by atoms with E-state index in [1.54, 1.807) is 6.20 Å². The van der Waals surface area contributed by atoms with Crippen LogP contribution < -0.4 is 0 Å². The fraction of sp³-hybridized carbons (Fsp3) is 0.111. The molecular weight excluding hydrogens is 359 g/mol. The van der Waals surface area contributed by atoms with E-state index in [2.05, 4.69) is 43.6 Å². The molecule has 0 N–H and O–H groups in total. The second-order valence-electron chi connectivity index (χ2n) is 2.90. The molecule has 0 atom stereocenters. The van der Waals surface area contributed by atoms with Crippen LogP contribution in [0.1, 0.15) is 11.7 Å². The maximum Gasteiger partial charge on any atom is 0.244 e. The van der Waals surface area contributed by atoms with Gasteiger partial charge in [0.1, 0.15) is 0 Å². The SMILES string of the molecule is CC(=O)n1ncc2cc(Br)c(I)cc21. The van der Waals surface area contributed by atoms with Crippen LogP contribution in [0.4, 0.5) is 0 Å². The summed E-state index contributed by atoms with van der Waals surface area (Å²) in [5.74, 6) is -0.0712. The van der Waals surface area contributed by atoms with Gasteiger partial charge in [-0.2, -0.15) is 5.10 Å². The summed E-state index contributed by atoms with van der Waals surface area (Å²) in [5.41, 5.74) is 0.852. The number of aromatic nitrogens is 2. The zero-order valence-electron chi connectivity index (χ0n) is 7.29. The number of halogens is 2. The highest BCUT2D eigenvalue weighted by Crippen LogP contribution is 2.25. The molecule has 0 radical (unpaired) electrons. The third kappa shape index (κ3) is 1.58. The zero-order valence-corrected chi connectivity index (χ0v) is 11.0. The Kier molecular flexibility index (Phi) is 2.61. The quantitative estimate of drug-likeness (QED) is 0.673. The lowest BCUT2D eigenvalue weighted by Crippen LogP contribution is -2.06. The van der Waals surface area contributed by atoms with Gasteiger partial charge in [-0.15, -0.1) is 0 Å². The number of rotatable bonds is 0. The number of fused-ring (bicyclic) bond motifs is 1. The number of benzene rings is 1. The Labute approximate surface area is 103 Å². The summed E-state index contributed by atoms with van der Waals surface area (Å²) in [6, 6.07) is 3.90. The van der Waals surface area contributed by atoms with Crippen LogP contribution in [-0.4, -0.2) is 15.7 Å². The normalized spacial score (nSPS) is 10.8. The van der Waals surface area contributed by atoms with E-state index in [0.717, 1.165) is 18.9 Å². The number of hydrogen-bond donors (Lipinski definition) is 0. The third-order valence-corrected chi connectivity index (χ3v) is 4.20. The standard InChI is InChI=1S/C9H6BrIN2O/c1-5(14)13-9-3-8(11)7(10)2-6(9)4-12-13/h2-4H,1H3. The highest BCUT2D eigenvalue weighted by atomic mass is 127. The smallest absolute Gasteiger partial charge is 0.244 e. The van der Waals surface area contributed by atoms with E-state index < -0.39 is 0 Å². The van der Waals surface area contributed by atoms with Crippen molar-refractivity contribution in [2.75, 3.05) is 0 Å². The predicted molar refractivity (Wildman–Crippen MR) is 66.5 cm³/mol. The molecule has 14 heavy (non-hydrogen) atoms. The van der Waals surface area contributed by atoms with E-state index in [4.69, 9.17) is 0 Å². The van der Waals surface area contributed by atoms with Gasteiger partial charge in [0.2, 0.25) is 5.91 Å². The molecule has 5 heteroatoms. The summed E-state index contributed by atoms with van der Waals surface area (Å²) in [4.78, 5) is 11.2. The lowest BCUT2D eigenvalue weighted by atomic mass is 10.2. The van der Waals surface area contributed by atoms with Crippen LogP contribution in [0.3, 0.4) is 0 Å². The molecule has 1 aromatic carbocycles. The van der Waals surface area contributed by atoms with Gasteiger partial charge in [-0.1, -0.05) is 0 Å².